The average molecular weight is 506 g/mol. The van der Waals surface area contributed by atoms with E-state index in [1.54, 1.807) is 18.2 Å². The number of anilines is 1. The molecule has 37 heavy (non-hydrogen) atoms. The smallest absolute Gasteiger partial charge is 0.279 e. The molecule has 0 aliphatic carbocycles. The van der Waals surface area contributed by atoms with Gasteiger partial charge in [-0.25, -0.2) is 4.98 Å². The zero-order chi connectivity index (χ0) is 24.5. The minimum atomic E-state index is -1.98. The van der Waals surface area contributed by atoms with E-state index < -0.39 is 11.5 Å². The minimum Gasteiger partial charge on any atom is -0.372 e. The van der Waals surface area contributed by atoms with Crippen molar-refractivity contribution in [2.75, 3.05) is 5.43 Å². The van der Waals surface area contributed by atoms with Crippen molar-refractivity contribution in [2.45, 2.75) is 5.60 Å². The Bertz CT molecular complexity index is 1660. The summed E-state index contributed by atoms with van der Waals surface area (Å²) in [7, 11) is 0. The lowest BCUT2D eigenvalue weighted by Gasteiger charge is -2.30. The fourth-order valence-electron chi connectivity index (χ4n) is 4.82. The third kappa shape index (κ3) is 4.25. The number of pyridine rings is 1. The second-order valence-corrected chi connectivity index (χ2v) is 8.73. The fourth-order valence-corrected chi connectivity index (χ4v) is 4.82. The molecular weight excluding hydrogens is 482 g/mol. The third-order valence-corrected chi connectivity index (χ3v) is 6.59. The number of aliphatic hydroxyl groups is 1. The second-order valence-electron chi connectivity index (χ2n) is 8.73. The van der Waals surface area contributed by atoms with Crippen molar-refractivity contribution in [2.24, 2.45) is 0 Å². The van der Waals surface area contributed by atoms with Gasteiger partial charge in [-0.3, -0.25) is 15.6 Å². The number of hydrogen-bond donors (Lipinski definition) is 3. The number of fused-ring (bicyclic) bond motifs is 3. The topological polar surface area (TPSA) is 74.2 Å². The molecule has 0 saturated carbocycles. The van der Waals surface area contributed by atoms with Crippen molar-refractivity contribution in [1.29, 1.82) is 0 Å². The highest BCUT2D eigenvalue weighted by atomic mass is 35.5. The number of para-hydroxylation sites is 1. The van der Waals surface area contributed by atoms with Crippen LogP contribution in [-0.2, 0) is 10.4 Å². The molecule has 1 amide bonds. The van der Waals surface area contributed by atoms with Crippen LogP contribution in [0.3, 0.4) is 0 Å². The summed E-state index contributed by atoms with van der Waals surface area (Å²) in [6.07, 6.45) is 0. The van der Waals surface area contributed by atoms with E-state index >= 15 is 0 Å². The summed E-state index contributed by atoms with van der Waals surface area (Å²) >= 11 is 0. The molecule has 6 rings (SSSR count). The number of nitrogens with zero attached hydrogens (tertiary/aromatic N) is 1. The number of benzene rings is 5. The zero-order valence-corrected chi connectivity index (χ0v) is 20.6. The molecule has 0 fully saturated rings. The van der Waals surface area contributed by atoms with Gasteiger partial charge in [-0.1, -0.05) is 103 Å². The molecule has 6 heteroatoms. The number of aromatic nitrogens is 1. The first-order valence-corrected chi connectivity index (χ1v) is 11.8. The van der Waals surface area contributed by atoms with Crippen molar-refractivity contribution >= 4 is 56.6 Å². The van der Waals surface area contributed by atoms with Gasteiger partial charge in [-0.05, 0) is 39.7 Å². The van der Waals surface area contributed by atoms with Crippen LogP contribution in [0.25, 0.3) is 32.4 Å². The van der Waals surface area contributed by atoms with Crippen LogP contribution in [0.1, 0.15) is 11.1 Å². The van der Waals surface area contributed by atoms with E-state index in [-0.39, 0.29) is 12.4 Å². The highest BCUT2D eigenvalue weighted by Gasteiger charge is 2.42. The molecule has 182 valence electrons. The maximum atomic E-state index is 13.9. The molecule has 0 atom stereocenters. The molecule has 3 N–H and O–H groups in total. The first-order chi connectivity index (χ1) is 17.6. The summed E-state index contributed by atoms with van der Waals surface area (Å²) in [6, 6.07) is 38.2. The molecule has 0 spiro atoms. The number of carbonyl (C=O) groups is 1. The van der Waals surface area contributed by atoms with E-state index in [4.69, 9.17) is 0 Å². The van der Waals surface area contributed by atoms with Gasteiger partial charge < -0.3 is 5.11 Å². The normalized spacial score (nSPS) is 11.3. The Morgan fingerprint density at radius 3 is 1.76 bits per heavy atom. The van der Waals surface area contributed by atoms with Crippen molar-refractivity contribution in [3.63, 3.8) is 0 Å². The fraction of sp³-hybridized carbons (Fsp3) is 0.0323. The Balaban J connectivity index is 0.00000280. The van der Waals surface area contributed by atoms with Crippen LogP contribution >= 0.6 is 12.4 Å². The zero-order valence-electron chi connectivity index (χ0n) is 19.8. The molecular formula is C31H24ClN3O2. The van der Waals surface area contributed by atoms with E-state index in [1.165, 1.54) is 0 Å². The van der Waals surface area contributed by atoms with Gasteiger partial charge in [0, 0.05) is 16.5 Å². The van der Waals surface area contributed by atoms with E-state index in [0.717, 1.165) is 32.4 Å². The van der Waals surface area contributed by atoms with Gasteiger partial charge in [-0.15, -0.1) is 12.4 Å². The Labute approximate surface area is 220 Å². The molecule has 0 unspecified atom stereocenters. The molecule has 0 aliphatic rings. The molecule has 5 aromatic carbocycles. The average Bonchev–Trinajstić information content (AvgIpc) is 2.94. The van der Waals surface area contributed by atoms with Crippen LogP contribution in [-0.4, -0.2) is 16.0 Å². The van der Waals surface area contributed by atoms with Crippen molar-refractivity contribution < 1.29 is 9.90 Å². The summed E-state index contributed by atoms with van der Waals surface area (Å²) in [4.78, 5) is 18.5. The van der Waals surface area contributed by atoms with Gasteiger partial charge in [0.1, 0.15) is 5.82 Å². The van der Waals surface area contributed by atoms with E-state index in [0.29, 0.717) is 16.9 Å². The lowest BCUT2D eigenvalue weighted by molar-refractivity contribution is -0.135. The van der Waals surface area contributed by atoms with Crippen molar-refractivity contribution in [3.8, 4) is 0 Å². The highest BCUT2D eigenvalue weighted by Crippen LogP contribution is 2.38. The van der Waals surface area contributed by atoms with Gasteiger partial charge in [0.25, 0.3) is 5.91 Å². The Kier molecular flexibility index (Phi) is 6.49. The van der Waals surface area contributed by atoms with E-state index in [9.17, 15) is 9.90 Å². The van der Waals surface area contributed by atoms with Gasteiger partial charge in [-0.2, -0.15) is 0 Å². The highest BCUT2D eigenvalue weighted by molar-refractivity contribution is 6.01. The van der Waals surface area contributed by atoms with Crippen LogP contribution < -0.4 is 10.9 Å². The molecule has 1 aromatic heterocycles. The van der Waals surface area contributed by atoms with Crippen molar-refractivity contribution in [3.05, 3.63) is 132 Å². The van der Waals surface area contributed by atoms with Gasteiger partial charge in [0.05, 0.1) is 5.52 Å². The number of rotatable bonds is 5. The molecule has 0 bridgehead atoms. The van der Waals surface area contributed by atoms with E-state index in [1.807, 2.05) is 103 Å². The second kappa shape index (κ2) is 9.90. The number of hydrogen-bond acceptors (Lipinski definition) is 4. The largest absolute Gasteiger partial charge is 0.372 e. The standard InChI is InChI=1S/C31H23N3O2.ClH/c35-30(34-33-29-20-19-23-11-3-6-18-28(23)32-29)31(36,26-16-7-12-21-9-1-4-14-24(21)26)27-17-8-13-22-10-2-5-15-25(22)27;/h1-20,36H,(H,32,33)(H,34,35);1H. The molecule has 5 nitrogen and oxygen atoms in total. The van der Waals surface area contributed by atoms with Crippen LogP contribution in [0.15, 0.2) is 121 Å². The van der Waals surface area contributed by atoms with E-state index in [2.05, 4.69) is 15.8 Å². The number of halogens is 1. The van der Waals surface area contributed by atoms with Crippen molar-refractivity contribution in [1.82, 2.24) is 10.4 Å². The predicted molar refractivity (Wildman–Crippen MR) is 152 cm³/mol. The molecule has 6 aromatic rings. The van der Waals surface area contributed by atoms with Crippen LogP contribution in [0, 0.1) is 0 Å². The molecule has 0 radical (unpaired) electrons. The van der Waals surface area contributed by atoms with Crippen LogP contribution in [0.2, 0.25) is 0 Å². The predicted octanol–water partition coefficient (Wildman–Crippen LogP) is 6.34. The summed E-state index contributed by atoms with van der Waals surface area (Å²) in [5, 5.41) is 16.9. The third-order valence-electron chi connectivity index (χ3n) is 6.59. The van der Waals surface area contributed by atoms with Crippen LogP contribution in [0.4, 0.5) is 5.82 Å². The summed E-state index contributed by atoms with van der Waals surface area (Å²) < 4.78 is 0. The molecule has 0 saturated heterocycles. The lowest BCUT2D eigenvalue weighted by Crippen LogP contribution is -2.47. The Hall–Kier alpha value is -4.45. The first kappa shape index (κ1) is 24.3. The van der Waals surface area contributed by atoms with Gasteiger partial charge in [0.2, 0.25) is 0 Å². The number of amides is 1. The Morgan fingerprint density at radius 1 is 0.622 bits per heavy atom. The maximum absolute atomic E-state index is 13.9. The molecule has 0 aliphatic heterocycles. The first-order valence-electron chi connectivity index (χ1n) is 11.8. The summed E-state index contributed by atoms with van der Waals surface area (Å²) in [6.45, 7) is 0. The van der Waals surface area contributed by atoms with Gasteiger partial charge in [0.15, 0.2) is 5.60 Å². The number of nitrogens with one attached hydrogen (secondary N) is 2. The summed E-state index contributed by atoms with van der Waals surface area (Å²) in [5.74, 6) is -0.134. The number of carbonyl (C=O) groups excluding carboxylic acids is 1. The molecule has 1 heterocycles. The van der Waals surface area contributed by atoms with Crippen LogP contribution in [0.5, 0.6) is 0 Å². The minimum absolute atomic E-state index is 0. The number of hydrazine groups is 1. The summed E-state index contributed by atoms with van der Waals surface area (Å²) in [5.41, 5.74) is 5.46. The quantitative estimate of drug-likeness (QED) is 0.239. The maximum Gasteiger partial charge on any atom is 0.279 e. The SMILES string of the molecule is Cl.O=C(NNc1ccc2ccccc2n1)C(O)(c1cccc2ccccc12)c1cccc2ccccc12. The Morgan fingerprint density at radius 2 is 1.14 bits per heavy atom. The lowest BCUT2D eigenvalue weighted by atomic mass is 9.80. The van der Waals surface area contributed by atoms with Gasteiger partial charge >= 0.3 is 0 Å². The monoisotopic (exact) mass is 505 g/mol.